The lowest BCUT2D eigenvalue weighted by atomic mass is 10.2. The van der Waals surface area contributed by atoms with Gasteiger partial charge in [-0.2, -0.15) is 0 Å². The molecule has 2 heteroatoms. The lowest BCUT2D eigenvalue weighted by molar-refractivity contribution is 0.871. The summed E-state index contributed by atoms with van der Waals surface area (Å²) in [5, 5.41) is 4.13. The van der Waals surface area contributed by atoms with E-state index in [9.17, 15) is 0 Å². The maximum Gasteiger partial charge on any atom is 0.0407 e. The number of nitrogens with one attached hydrogen (secondary N) is 1. The SMILES string of the molecule is Clc1ccc(NCC2C=CC=C2)cc1. The topological polar surface area (TPSA) is 12.0 Å². The Morgan fingerprint density at radius 2 is 1.71 bits per heavy atom. The van der Waals surface area contributed by atoms with Crippen molar-refractivity contribution in [1.29, 1.82) is 0 Å². The van der Waals surface area contributed by atoms with Crippen molar-refractivity contribution in [2.45, 2.75) is 0 Å². The molecule has 0 fully saturated rings. The summed E-state index contributed by atoms with van der Waals surface area (Å²) in [7, 11) is 0. The fourth-order valence-electron chi connectivity index (χ4n) is 1.42. The highest BCUT2D eigenvalue weighted by Gasteiger charge is 2.02. The lowest BCUT2D eigenvalue weighted by Gasteiger charge is -2.08. The molecule has 0 aliphatic heterocycles. The molecule has 0 amide bonds. The van der Waals surface area contributed by atoms with E-state index in [0.717, 1.165) is 17.3 Å². The molecule has 1 aromatic carbocycles. The normalized spacial score (nSPS) is 14.9. The highest BCUT2D eigenvalue weighted by molar-refractivity contribution is 6.30. The first-order valence-electron chi connectivity index (χ1n) is 4.69. The maximum atomic E-state index is 5.79. The van der Waals surface area contributed by atoms with Gasteiger partial charge in [-0.1, -0.05) is 35.9 Å². The van der Waals surface area contributed by atoms with E-state index in [0.29, 0.717) is 5.92 Å². The molecular weight excluding hydrogens is 194 g/mol. The first-order chi connectivity index (χ1) is 6.84. The molecule has 0 heterocycles. The predicted octanol–water partition coefficient (Wildman–Crippen LogP) is 3.49. The van der Waals surface area contributed by atoms with Crippen molar-refractivity contribution >= 4 is 17.3 Å². The summed E-state index contributed by atoms with van der Waals surface area (Å²) >= 11 is 5.79. The van der Waals surface area contributed by atoms with Crippen molar-refractivity contribution in [3.05, 3.63) is 53.6 Å². The van der Waals surface area contributed by atoms with Crippen molar-refractivity contribution in [3.8, 4) is 0 Å². The fourth-order valence-corrected chi connectivity index (χ4v) is 1.54. The smallest absolute Gasteiger partial charge is 0.0407 e. The molecule has 2 rings (SSSR count). The summed E-state index contributed by atoms with van der Waals surface area (Å²) in [6, 6.07) is 7.77. The van der Waals surface area contributed by atoms with Gasteiger partial charge < -0.3 is 5.32 Å². The summed E-state index contributed by atoms with van der Waals surface area (Å²) in [6.45, 7) is 0.939. The van der Waals surface area contributed by atoms with Crippen LogP contribution in [0.15, 0.2) is 48.6 Å². The van der Waals surface area contributed by atoms with Crippen molar-refractivity contribution in [1.82, 2.24) is 0 Å². The number of rotatable bonds is 3. The standard InChI is InChI=1S/C12H12ClN/c13-11-5-7-12(8-6-11)14-9-10-3-1-2-4-10/h1-8,10,14H,9H2. The maximum absolute atomic E-state index is 5.79. The van der Waals surface area contributed by atoms with Crippen molar-refractivity contribution in [2.24, 2.45) is 5.92 Å². The summed E-state index contributed by atoms with van der Waals surface area (Å²) in [4.78, 5) is 0. The second kappa shape index (κ2) is 4.34. The van der Waals surface area contributed by atoms with Crippen molar-refractivity contribution in [2.75, 3.05) is 11.9 Å². The average Bonchev–Trinajstić information content (AvgIpc) is 2.70. The molecule has 0 aromatic heterocycles. The van der Waals surface area contributed by atoms with Crippen LogP contribution in [0, 0.1) is 5.92 Å². The van der Waals surface area contributed by atoms with E-state index in [1.807, 2.05) is 24.3 Å². The first-order valence-corrected chi connectivity index (χ1v) is 5.07. The average molecular weight is 206 g/mol. The monoisotopic (exact) mass is 205 g/mol. The second-order valence-corrected chi connectivity index (χ2v) is 3.76. The van der Waals surface area contributed by atoms with Gasteiger partial charge in [0.1, 0.15) is 0 Å². The molecule has 1 nitrogen and oxygen atoms in total. The minimum atomic E-state index is 0.519. The van der Waals surface area contributed by atoms with Gasteiger partial charge in [0.25, 0.3) is 0 Å². The molecule has 1 aliphatic carbocycles. The van der Waals surface area contributed by atoms with Gasteiger partial charge in [0.2, 0.25) is 0 Å². The Morgan fingerprint density at radius 3 is 2.36 bits per heavy atom. The lowest BCUT2D eigenvalue weighted by Crippen LogP contribution is -2.08. The van der Waals surface area contributed by atoms with Gasteiger partial charge in [0, 0.05) is 23.2 Å². The molecule has 0 bridgehead atoms. The zero-order valence-corrected chi connectivity index (χ0v) is 8.54. The molecule has 14 heavy (non-hydrogen) atoms. The van der Waals surface area contributed by atoms with Gasteiger partial charge >= 0.3 is 0 Å². The Kier molecular flexibility index (Phi) is 2.90. The van der Waals surface area contributed by atoms with Crippen LogP contribution in [-0.2, 0) is 0 Å². The number of halogens is 1. The third-order valence-corrected chi connectivity index (χ3v) is 2.47. The molecule has 0 atom stereocenters. The second-order valence-electron chi connectivity index (χ2n) is 3.32. The molecule has 72 valence electrons. The number of allylic oxidation sites excluding steroid dienone is 2. The molecule has 0 saturated carbocycles. The van der Waals surface area contributed by atoms with Crippen LogP contribution in [0.1, 0.15) is 0 Å². The number of benzene rings is 1. The minimum Gasteiger partial charge on any atom is -0.384 e. The number of hydrogen-bond acceptors (Lipinski definition) is 1. The van der Waals surface area contributed by atoms with Gasteiger partial charge in [-0.3, -0.25) is 0 Å². The first kappa shape index (κ1) is 9.35. The number of anilines is 1. The largest absolute Gasteiger partial charge is 0.384 e. The number of hydrogen-bond donors (Lipinski definition) is 1. The van der Waals surface area contributed by atoms with Crippen LogP contribution in [0.25, 0.3) is 0 Å². The van der Waals surface area contributed by atoms with E-state index in [4.69, 9.17) is 11.6 Å². The van der Waals surface area contributed by atoms with Crippen LogP contribution in [0.4, 0.5) is 5.69 Å². The zero-order valence-electron chi connectivity index (χ0n) is 7.78. The van der Waals surface area contributed by atoms with E-state index in [1.165, 1.54) is 0 Å². The summed E-state index contributed by atoms with van der Waals surface area (Å²) < 4.78 is 0. The molecule has 0 radical (unpaired) electrons. The summed E-state index contributed by atoms with van der Waals surface area (Å²) in [5.41, 5.74) is 1.11. The molecular formula is C12H12ClN. The third-order valence-electron chi connectivity index (χ3n) is 2.21. The summed E-state index contributed by atoms with van der Waals surface area (Å²) in [6.07, 6.45) is 8.52. The molecule has 0 unspecified atom stereocenters. The van der Waals surface area contributed by atoms with Crippen molar-refractivity contribution < 1.29 is 0 Å². The molecule has 1 aliphatic rings. The van der Waals surface area contributed by atoms with Crippen LogP contribution in [0.5, 0.6) is 0 Å². The van der Waals surface area contributed by atoms with E-state index >= 15 is 0 Å². The Morgan fingerprint density at radius 1 is 1.07 bits per heavy atom. The quantitative estimate of drug-likeness (QED) is 0.797. The van der Waals surface area contributed by atoms with Gasteiger partial charge in [-0.25, -0.2) is 0 Å². The minimum absolute atomic E-state index is 0.519. The van der Waals surface area contributed by atoms with Crippen LogP contribution in [0.3, 0.4) is 0 Å². The van der Waals surface area contributed by atoms with Crippen LogP contribution in [-0.4, -0.2) is 6.54 Å². The van der Waals surface area contributed by atoms with Gasteiger partial charge in [0.15, 0.2) is 0 Å². The van der Waals surface area contributed by atoms with Gasteiger partial charge in [0.05, 0.1) is 0 Å². The van der Waals surface area contributed by atoms with Crippen molar-refractivity contribution in [3.63, 3.8) is 0 Å². The van der Waals surface area contributed by atoms with Gasteiger partial charge in [-0.05, 0) is 24.3 Å². The summed E-state index contributed by atoms with van der Waals surface area (Å²) in [5.74, 6) is 0.519. The van der Waals surface area contributed by atoms with E-state index in [1.54, 1.807) is 0 Å². The Balaban J connectivity index is 1.88. The van der Waals surface area contributed by atoms with Crippen LogP contribution >= 0.6 is 11.6 Å². The fraction of sp³-hybridized carbons (Fsp3) is 0.167. The highest BCUT2D eigenvalue weighted by Crippen LogP contribution is 2.15. The Hall–Kier alpha value is -1.21. The predicted molar refractivity (Wildman–Crippen MR) is 61.7 cm³/mol. The van der Waals surface area contributed by atoms with Crippen LogP contribution in [0.2, 0.25) is 5.02 Å². The van der Waals surface area contributed by atoms with E-state index in [2.05, 4.69) is 29.6 Å². The van der Waals surface area contributed by atoms with E-state index in [-0.39, 0.29) is 0 Å². The molecule has 0 spiro atoms. The Bertz CT molecular complexity index is 339. The van der Waals surface area contributed by atoms with Gasteiger partial charge in [-0.15, -0.1) is 0 Å². The molecule has 1 aromatic rings. The van der Waals surface area contributed by atoms with Crippen LogP contribution < -0.4 is 5.32 Å². The third kappa shape index (κ3) is 2.39. The van der Waals surface area contributed by atoms with E-state index < -0.39 is 0 Å². The zero-order chi connectivity index (χ0) is 9.80. The highest BCUT2D eigenvalue weighted by atomic mass is 35.5. The molecule has 1 N–H and O–H groups in total. The Labute approximate surface area is 89.1 Å². The molecule has 0 saturated heterocycles.